The molecule has 1 heterocycles. The van der Waals surface area contributed by atoms with Crippen molar-refractivity contribution < 1.29 is 9.59 Å². The van der Waals surface area contributed by atoms with Gasteiger partial charge in [0.25, 0.3) is 11.8 Å². The number of halogens is 2. The first-order chi connectivity index (χ1) is 8.59. The highest BCUT2D eigenvalue weighted by Gasteiger charge is 2.35. The van der Waals surface area contributed by atoms with Crippen LogP contribution in [0.5, 0.6) is 0 Å². The predicted octanol–water partition coefficient (Wildman–Crippen LogP) is 3.80. The molecule has 0 fully saturated rings. The Hall–Kier alpha value is -0.540. The van der Waals surface area contributed by atoms with E-state index in [1.807, 2.05) is 0 Å². The Morgan fingerprint density at radius 1 is 0.833 bits per heavy atom. The van der Waals surface area contributed by atoms with Gasteiger partial charge in [-0.1, -0.05) is 68.7 Å². The third kappa shape index (κ3) is 3.99. The maximum absolute atomic E-state index is 11.6. The van der Waals surface area contributed by atoms with Crippen LogP contribution >= 0.6 is 23.2 Å². The van der Waals surface area contributed by atoms with Crippen LogP contribution in [0.1, 0.15) is 51.9 Å². The number of hydrogen-bond acceptors (Lipinski definition) is 2. The summed E-state index contributed by atoms with van der Waals surface area (Å²) >= 11 is 11.3. The molecule has 0 spiro atoms. The van der Waals surface area contributed by atoms with Gasteiger partial charge in [-0.25, -0.2) is 0 Å². The molecule has 1 aliphatic heterocycles. The molecule has 1 aliphatic rings. The lowest BCUT2D eigenvalue weighted by atomic mass is 10.1. The van der Waals surface area contributed by atoms with Gasteiger partial charge in [0, 0.05) is 6.54 Å². The van der Waals surface area contributed by atoms with Gasteiger partial charge in [0.05, 0.1) is 0 Å². The van der Waals surface area contributed by atoms with Gasteiger partial charge in [0.15, 0.2) is 0 Å². The number of carbonyl (C=O) groups is 2. The van der Waals surface area contributed by atoms with E-state index in [2.05, 4.69) is 6.92 Å². The summed E-state index contributed by atoms with van der Waals surface area (Å²) in [5.74, 6) is -0.921. The number of rotatable bonds is 8. The van der Waals surface area contributed by atoms with Crippen LogP contribution in [0, 0.1) is 0 Å². The highest BCUT2D eigenvalue weighted by Crippen LogP contribution is 2.26. The molecule has 0 aliphatic carbocycles. The lowest BCUT2D eigenvalue weighted by Crippen LogP contribution is -2.32. The number of amides is 2. The van der Waals surface area contributed by atoms with Gasteiger partial charge in [0.2, 0.25) is 0 Å². The fourth-order valence-electron chi connectivity index (χ4n) is 1.95. The Morgan fingerprint density at radius 2 is 1.28 bits per heavy atom. The minimum absolute atomic E-state index is 0.149. The van der Waals surface area contributed by atoms with Crippen LogP contribution < -0.4 is 0 Å². The molecule has 0 saturated heterocycles. The molecule has 0 radical (unpaired) electrons. The summed E-state index contributed by atoms with van der Waals surface area (Å²) in [6.45, 7) is 2.60. The molecule has 0 aromatic heterocycles. The summed E-state index contributed by atoms with van der Waals surface area (Å²) < 4.78 is 0. The maximum atomic E-state index is 11.6. The number of nitrogens with zero attached hydrogens (tertiary/aromatic N) is 1. The molecule has 3 nitrogen and oxygen atoms in total. The highest BCUT2D eigenvalue weighted by molar-refractivity contribution is 6.58. The smallest absolute Gasteiger partial charge is 0.273 e. The van der Waals surface area contributed by atoms with Crippen LogP contribution in [-0.4, -0.2) is 23.3 Å². The van der Waals surface area contributed by atoms with Crippen LogP contribution in [0.15, 0.2) is 10.1 Å². The van der Waals surface area contributed by atoms with Crippen molar-refractivity contribution >= 4 is 35.0 Å². The van der Waals surface area contributed by atoms with Gasteiger partial charge >= 0.3 is 0 Å². The van der Waals surface area contributed by atoms with E-state index >= 15 is 0 Å². The van der Waals surface area contributed by atoms with Gasteiger partial charge in [-0.05, 0) is 6.42 Å². The van der Waals surface area contributed by atoms with Crippen molar-refractivity contribution in [3.05, 3.63) is 10.1 Å². The molecule has 0 saturated carbocycles. The van der Waals surface area contributed by atoms with E-state index in [0.29, 0.717) is 6.54 Å². The van der Waals surface area contributed by atoms with Crippen LogP contribution in [-0.2, 0) is 9.59 Å². The largest absolute Gasteiger partial charge is 0.274 e. The number of carbonyl (C=O) groups excluding carboxylic acids is 2. The third-order valence-electron chi connectivity index (χ3n) is 3.04. The molecule has 0 aromatic rings. The number of hydrogen-bond donors (Lipinski definition) is 0. The SMILES string of the molecule is CCCCCCCCCN1C(=O)C(Cl)=C(Cl)C1=O. The zero-order chi connectivity index (χ0) is 13.5. The summed E-state index contributed by atoms with van der Waals surface area (Å²) in [4.78, 5) is 24.3. The monoisotopic (exact) mass is 291 g/mol. The average molecular weight is 292 g/mol. The van der Waals surface area contributed by atoms with Gasteiger partial charge < -0.3 is 0 Å². The molecule has 102 valence electrons. The first-order valence-corrected chi connectivity index (χ1v) is 7.26. The van der Waals surface area contributed by atoms with Gasteiger partial charge in [-0.3, -0.25) is 14.5 Å². The zero-order valence-electron chi connectivity index (χ0n) is 10.7. The Labute approximate surface area is 118 Å². The number of imide groups is 1. The minimum Gasteiger partial charge on any atom is -0.273 e. The second-order valence-electron chi connectivity index (χ2n) is 4.51. The zero-order valence-corrected chi connectivity index (χ0v) is 12.2. The predicted molar refractivity (Wildman–Crippen MR) is 73.4 cm³/mol. The molecular formula is C13H19Cl2NO2. The Balaban J connectivity index is 2.18. The van der Waals surface area contributed by atoms with Crippen LogP contribution in [0.3, 0.4) is 0 Å². The van der Waals surface area contributed by atoms with Crippen molar-refractivity contribution in [3.63, 3.8) is 0 Å². The summed E-state index contributed by atoms with van der Waals surface area (Å²) in [5.41, 5.74) is 0. The van der Waals surface area contributed by atoms with Crippen molar-refractivity contribution in [3.8, 4) is 0 Å². The van der Waals surface area contributed by atoms with Gasteiger partial charge in [-0.15, -0.1) is 0 Å². The summed E-state index contributed by atoms with van der Waals surface area (Å²) in [6.07, 6.45) is 7.98. The quantitative estimate of drug-likeness (QED) is 0.504. The van der Waals surface area contributed by atoms with Gasteiger partial charge in [0.1, 0.15) is 10.1 Å². The Morgan fingerprint density at radius 3 is 1.78 bits per heavy atom. The Kier molecular flexibility index (Phi) is 6.72. The van der Waals surface area contributed by atoms with Crippen LogP contribution in [0.2, 0.25) is 0 Å². The molecular weight excluding hydrogens is 273 g/mol. The maximum Gasteiger partial charge on any atom is 0.274 e. The third-order valence-corrected chi connectivity index (χ3v) is 3.84. The second-order valence-corrected chi connectivity index (χ2v) is 5.27. The average Bonchev–Trinajstić information content (AvgIpc) is 2.55. The first kappa shape index (κ1) is 15.5. The fraction of sp³-hybridized carbons (Fsp3) is 0.692. The van der Waals surface area contributed by atoms with E-state index in [1.54, 1.807) is 0 Å². The normalized spacial score (nSPS) is 16.1. The van der Waals surface area contributed by atoms with Crippen molar-refractivity contribution in [1.29, 1.82) is 0 Å². The molecule has 5 heteroatoms. The van der Waals surface area contributed by atoms with E-state index in [0.717, 1.165) is 24.2 Å². The van der Waals surface area contributed by atoms with E-state index in [-0.39, 0.29) is 10.1 Å². The lowest BCUT2D eigenvalue weighted by Gasteiger charge is -2.13. The van der Waals surface area contributed by atoms with Crippen LogP contribution in [0.4, 0.5) is 0 Å². The molecule has 0 unspecified atom stereocenters. The summed E-state index contributed by atoms with van der Waals surface area (Å²) in [6, 6.07) is 0. The molecule has 1 rings (SSSR count). The Bertz CT molecular complexity index is 329. The lowest BCUT2D eigenvalue weighted by molar-refractivity contribution is -0.137. The van der Waals surface area contributed by atoms with Crippen molar-refractivity contribution in [2.24, 2.45) is 0 Å². The van der Waals surface area contributed by atoms with Crippen molar-refractivity contribution in [1.82, 2.24) is 4.90 Å². The molecule has 2 amide bonds. The fourth-order valence-corrected chi connectivity index (χ4v) is 2.31. The standard InChI is InChI=1S/C13H19Cl2NO2/c1-2-3-4-5-6-7-8-9-16-12(17)10(14)11(15)13(16)18/h2-9H2,1H3. The molecule has 0 bridgehead atoms. The van der Waals surface area contributed by atoms with Crippen molar-refractivity contribution in [2.45, 2.75) is 51.9 Å². The summed E-state index contributed by atoms with van der Waals surface area (Å²) in [7, 11) is 0. The van der Waals surface area contributed by atoms with Crippen molar-refractivity contribution in [2.75, 3.05) is 6.54 Å². The first-order valence-electron chi connectivity index (χ1n) is 6.51. The van der Waals surface area contributed by atoms with E-state index in [1.165, 1.54) is 25.7 Å². The topological polar surface area (TPSA) is 37.4 Å². The second kappa shape index (κ2) is 7.80. The van der Waals surface area contributed by atoms with E-state index < -0.39 is 11.8 Å². The van der Waals surface area contributed by atoms with E-state index in [4.69, 9.17) is 23.2 Å². The molecule has 0 N–H and O–H groups in total. The number of unbranched alkanes of at least 4 members (excludes halogenated alkanes) is 6. The molecule has 18 heavy (non-hydrogen) atoms. The molecule has 0 aromatic carbocycles. The summed E-state index contributed by atoms with van der Waals surface area (Å²) in [5, 5.41) is -0.297. The van der Waals surface area contributed by atoms with Gasteiger partial charge in [-0.2, -0.15) is 0 Å². The minimum atomic E-state index is -0.461. The molecule has 0 atom stereocenters. The van der Waals surface area contributed by atoms with Crippen LogP contribution in [0.25, 0.3) is 0 Å². The van der Waals surface area contributed by atoms with E-state index in [9.17, 15) is 9.59 Å². The highest BCUT2D eigenvalue weighted by atomic mass is 35.5.